The third-order valence-corrected chi connectivity index (χ3v) is 16.2. The minimum atomic E-state index is -2.93. The van der Waals surface area contributed by atoms with Gasteiger partial charge < -0.3 is 25.3 Å². The molecule has 3 aromatic carbocycles. The van der Waals surface area contributed by atoms with Gasteiger partial charge >= 0.3 is 0 Å². The largest absolute Gasteiger partial charge is 0.398 e. The van der Waals surface area contributed by atoms with Crippen LogP contribution in [0.1, 0.15) is 91.7 Å². The van der Waals surface area contributed by atoms with Crippen LogP contribution >= 0.6 is 0 Å². The zero-order valence-electron chi connectivity index (χ0n) is 33.0. The van der Waals surface area contributed by atoms with E-state index in [1.54, 1.807) is 44.2 Å². The second-order valence-corrected chi connectivity index (χ2v) is 20.1. The monoisotopic (exact) mass is 764 g/mol. The third-order valence-electron chi connectivity index (χ3n) is 11.1. The summed E-state index contributed by atoms with van der Waals surface area (Å²) in [6, 6.07) is 26.6. The van der Waals surface area contributed by atoms with Crippen molar-refractivity contribution in [1.29, 1.82) is 0 Å². The number of hydrogen-bond acceptors (Lipinski definition) is 6. The first-order valence-corrected chi connectivity index (χ1v) is 21.4. The molecule has 2 saturated heterocycles. The maximum atomic E-state index is 14.0. The standard InChI is InChI=1S/C44H56N4O6Si/c1-7-44(6)42(53)46-38(32-21-12-8-13-22-32)41(52)48-30-20-28-36(48)40(51)45-35(39(50)47-44)27-18-11-19-29-37(49)31(2)54-55(43(3,4)5,33-23-14-9-15-24-33)34-25-16-10-17-26-34/h8-17,19,21-26,31,35-36,38H,7,18,20,27-30H2,1-6H3,(H,45,51)(H,46,53)(H,47,50)/t31-,35+,36-,38+,44+/m1/s1. The molecule has 3 aromatic rings. The number of nitrogens with zero attached hydrogens (tertiary/aromatic N) is 1. The predicted octanol–water partition coefficient (Wildman–Crippen LogP) is 4.88. The van der Waals surface area contributed by atoms with E-state index in [1.807, 2.05) is 55.5 Å². The Kier molecular flexibility index (Phi) is 13.3. The number of hydrogen-bond donors (Lipinski definition) is 3. The van der Waals surface area contributed by atoms with Gasteiger partial charge in [0.1, 0.15) is 29.8 Å². The molecular weight excluding hydrogens is 709 g/mol. The highest BCUT2D eigenvalue weighted by atomic mass is 28.4. The minimum absolute atomic E-state index is 0.0641. The van der Waals surface area contributed by atoms with E-state index in [9.17, 15) is 24.0 Å². The van der Waals surface area contributed by atoms with E-state index < -0.39 is 55.8 Å². The van der Waals surface area contributed by atoms with Crippen LogP contribution in [0.2, 0.25) is 5.04 Å². The van der Waals surface area contributed by atoms with E-state index in [0.717, 1.165) is 10.4 Å². The highest BCUT2D eigenvalue weighted by Crippen LogP contribution is 2.37. The number of allylic oxidation sites excluding steroid dienone is 2. The Morgan fingerprint density at radius 2 is 1.47 bits per heavy atom. The maximum Gasteiger partial charge on any atom is 0.262 e. The predicted molar refractivity (Wildman–Crippen MR) is 217 cm³/mol. The molecular formula is C44H56N4O6Si. The van der Waals surface area contributed by atoms with Crippen molar-refractivity contribution in [2.24, 2.45) is 0 Å². The van der Waals surface area contributed by atoms with Gasteiger partial charge in [-0.25, -0.2) is 0 Å². The Morgan fingerprint density at radius 3 is 2.04 bits per heavy atom. The SMILES string of the molecule is CC[C@]1(C)NC(=O)[C@H](CCC=CCC(=O)[C@@H](C)O[Si](c2ccccc2)(c2ccccc2)C(C)(C)C)NC(=O)[C@H]2CCCN2C(=O)[C@H](c2ccccc2)NC1=O. The van der Waals surface area contributed by atoms with Crippen molar-refractivity contribution < 1.29 is 28.4 Å². The molecule has 11 heteroatoms. The molecule has 0 aliphatic carbocycles. The first kappa shape index (κ1) is 41.3. The van der Waals surface area contributed by atoms with Gasteiger partial charge in [0.2, 0.25) is 23.6 Å². The summed E-state index contributed by atoms with van der Waals surface area (Å²) in [5.74, 6) is -1.81. The van der Waals surface area contributed by atoms with Crippen molar-refractivity contribution in [2.75, 3.05) is 6.54 Å². The Balaban J connectivity index is 1.29. The fourth-order valence-corrected chi connectivity index (χ4v) is 12.3. The van der Waals surface area contributed by atoms with Crippen LogP contribution in [-0.2, 0) is 28.4 Å². The van der Waals surface area contributed by atoms with Gasteiger partial charge in [0.05, 0.1) is 0 Å². The number of carbonyl (C=O) groups excluding carboxylic acids is 5. The quantitative estimate of drug-likeness (QED) is 0.178. The molecule has 4 amide bonds. The second kappa shape index (κ2) is 17.7. The van der Waals surface area contributed by atoms with Gasteiger partial charge in [-0.15, -0.1) is 0 Å². The first-order chi connectivity index (χ1) is 26.2. The number of rotatable bonds is 12. The summed E-state index contributed by atoms with van der Waals surface area (Å²) < 4.78 is 6.99. The first-order valence-electron chi connectivity index (χ1n) is 19.5. The number of ketones is 1. The van der Waals surface area contributed by atoms with Crippen LogP contribution in [0.15, 0.2) is 103 Å². The van der Waals surface area contributed by atoms with E-state index in [4.69, 9.17) is 4.43 Å². The maximum absolute atomic E-state index is 14.0. The molecule has 0 spiro atoms. The lowest BCUT2D eigenvalue weighted by Crippen LogP contribution is -2.68. The summed E-state index contributed by atoms with van der Waals surface area (Å²) in [5, 5.41) is 10.6. The van der Waals surface area contributed by atoms with Crippen LogP contribution in [0.5, 0.6) is 0 Å². The molecule has 2 aliphatic heterocycles. The summed E-state index contributed by atoms with van der Waals surface area (Å²) in [6.45, 7) is 12.1. The van der Waals surface area contributed by atoms with E-state index in [1.165, 1.54) is 4.90 Å². The van der Waals surface area contributed by atoms with Crippen molar-refractivity contribution in [3.63, 3.8) is 0 Å². The van der Waals surface area contributed by atoms with Crippen LogP contribution in [0.3, 0.4) is 0 Å². The molecule has 55 heavy (non-hydrogen) atoms. The number of amides is 4. The molecule has 2 aliphatic rings. The number of benzene rings is 3. The van der Waals surface area contributed by atoms with Gasteiger partial charge in [-0.05, 0) is 66.9 Å². The van der Waals surface area contributed by atoms with Crippen LogP contribution in [0.25, 0.3) is 0 Å². The summed E-state index contributed by atoms with van der Waals surface area (Å²) in [6.07, 6.45) is 5.02. The molecule has 0 radical (unpaired) electrons. The van der Waals surface area contributed by atoms with Crippen molar-refractivity contribution in [2.45, 2.75) is 115 Å². The molecule has 5 rings (SSSR count). The highest BCUT2D eigenvalue weighted by molar-refractivity contribution is 6.99. The van der Waals surface area contributed by atoms with Crippen LogP contribution in [-0.4, -0.2) is 72.9 Å². The van der Waals surface area contributed by atoms with E-state index in [-0.39, 0.29) is 36.0 Å². The van der Waals surface area contributed by atoms with Crippen molar-refractivity contribution in [3.05, 3.63) is 109 Å². The Hall–Kier alpha value is -4.87. The number of carbonyl (C=O) groups is 5. The van der Waals surface area contributed by atoms with Gasteiger partial charge in [-0.1, -0.05) is 131 Å². The fraction of sp³-hybridized carbons (Fsp3) is 0.432. The molecule has 0 bridgehead atoms. The van der Waals surface area contributed by atoms with Crippen molar-refractivity contribution >= 4 is 48.1 Å². The zero-order chi connectivity index (χ0) is 39.8. The van der Waals surface area contributed by atoms with Gasteiger partial charge in [-0.2, -0.15) is 0 Å². The van der Waals surface area contributed by atoms with Gasteiger partial charge in [0.25, 0.3) is 8.32 Å². The van der Waals surface area contributed by atoms with Gasteiger partial charge in [0.15, 0.2) is 5.78 Å². The van der Waals surface area contributed by atoms with E-state index in [2.05, 4.69) is 61.0 Å². The van der Waals surface area contributed by atoms with Gasteiger partial charge in [0, 0.05) is 13.0 Å². The molecule has 0 aromatic heterocycles. The molecule has 2 fully saturated rings. The molecule has 0 saturated carbocycles. The fourth-order valence-electron chi connectivity index (χ4n) is 7.66. The molecule has 10 nitrogen and oxygen atoms in total. The lowest BCUT2D eigenvalue weighted by Gasteiger charge is -2.44. The van der Waals surface area contributed by atoms with Crippen LogP contribution in [0.4, 0.5) is 0 Å². The van der Waals surface area contributed by atoms with E-state index >= 15 is 0 Å². The zero-order valence-corrected chi connectivity index (χ0v) is 34.0. The van der Waals surface area contributed by atoms with Gasteiger partial charge in [-0.3, -0.25) is 24.0 Å². The molecule has 0 unspecified atom stereocenters. The van der Waals surface area contributed by atoms with E-state index in [0.29, 0.717) is 31.4 Å². The Morgan fingerprint density at radius 1 is 0.891 bits per heavy atom. The molecule has 2 heterocycles. The Labute approximate surface area is 326 Å². The Bertz CT molecular complexity index is 1810. The summed E-state index contributed by atoms with van der Waals surface area (Å²) >= 11 is 0. The van der Waals surface area contributed by atoms with Crippen molar-refractivity contribution in [3.8, 4) is 0 Å². The normalized spacial score (nSPS) is 23.2. The lowest BCUT2D eigenvalue weighted by molar-refractivity contribution is -0.145. The van der Waals surface area contributed by atoms with Crippen LogP contribution < -0.4 is 26.3 Å². The van der Waals surface area contributed by atoms with Crippen molar-refractivity contribution in [1.82, 2.24) is 20.9 Å². The van der Waals surface area contributed by atoms with Crippen LogP contribution in [0, 0.1) is 0 Å². The highest BCUT2D eigenvalue weighted by Gasteiger charge is 2.51. The summed E-state index contributed by atoms with van der Waals surface area (Å²) in [5.41, 5.74) is -0.749. The lowest BCUT2D eigenvalue weighted by atomic mass is 9.94. The molecule has 3 N–H and O–H groups in total. The summed E-state index contributed by atoms with van der Waals surface area (Å²) in [4.78, 5) is 70.5. The summed E-state index contributed by atoms with van der Waals surface area (Å²) in [7, 11) is -2.93. The average molecular weight is 765 g/mol. The number of fused-ring (bicyclic) bond motifs is 1. The number of Topliss-reactive ketones (excluding diaryl/α,β-unsaturated/α-hetero) is 1. The molecule has 5 atom stereocenters. The second-order valence-electron chi connectivity index (χ2n) is 15.9. The number of nitrogens with one attached hydrogen (secondary N) is 3. The third kappa shape index (κ3) is 9.16. The smallest absolute Gasteiger partial charge is 0.262 e. The molecule has 292 valence electrons. The average Bonchev–Trinajstić information content (AvgIpc) is 3.68. The minimum Gasteiger partial charge on any atom is -0.398 e. The topological polar surface area (TPSA) is 134 Å².